The number of nitrogens with zero attached hydrogens (tertiary/aromatic N) is 6. The van der Waals surface area contributed by atoms with E-state index in [2.05, 4.69) is 93.7 Å². The molecule has 0 aliphatic rings. The summed E-state index contributed by atoms with van der Waals surface area (Å²) < 4.78 is 2.30. The van der Waals surface area contributed by atoms with Gasteiger partial charge in [-0.1, -0.05) is 75.2 Å². The fraction of sp³-hybridized carbons (Fsp3) is 0.344. The summed E-state index contributed by atoms with van der Waals surface area (Å²) in [6, 6.07) is 20.8. The molecule has 5 aromatic rings. The molecule has 5 rings (SSSR count). The maximum absolute atomic E-state index is 12.9. The summed E-state index contributed by atoms with van der Waals surface area (Å²) in [5.74, 6) is 1.70. The van der Waals surface area contributed by atoms with Crippen LogP contribution in [0.2, 0.25) is 0 Å². The van der Waals surface area contributed by atoms with Crippen molar-refractivity contribution in [1.82, 2.24) is 35.5 Å². The van der Waals surface area contributed by atoms with Gasteiger partial charge in [-0.2, -0.15) is 0 Å². The number of benzene rings is 3. The fourth-order valence-corrected chi connectivity index (χ4v) is 5.20. The van der Waals surface area contributed by atoms with Crippen LogP contribution in [0, 0.1) is 6.92 Å². The van der Waals surface area contributed by atoms with E-state index >= 15 is 0 Å². The Morgan fingerprint density at radius 2 is 1.78 bits per heavy atom. The standard InChI is InChI=1S/C32H38N8O/c1-5-7-10-18-33-32(41)39(4)25-19-22(3)30-28(20-25)40(29(34-30)11-6-2)21-23-14-16-24(17-15-23)26-12-8-9-13-27(26)31-35-37-38-36-31/h8-9,12-17,19-20H,5-7,10-11,18,21H2,1-4H3,(H,33,41)(H,35,36,37,38). The van der Waals surface area contributed by atoms with Gasteiger partial charge < -0.3 is 9.88 Å². The molecule has 0 unspecified atom stereocenters. The zero-order chi connectivity index (χ0) is 28.8. The lowest BCUT2D eigenvalue weighted by Crippen LogP contribution is -2.37. The van der Waals surface area contributed by atoms with Crippen molar-refractivity contribution in [2.24, 2.45) is 0 Å². The van der Waals surface area contributed by atoms with E-state index in [1.807, 2.05) is 25.2 Å². The molecule has 2 heterocycles. The second kappa shape index (κ2) is 12.8. The lowest BCUT2D eigenvalue weighted by molar-refractivity contribution is 0.247. The normalized spacial score (nSPS) is 11.2. The molecule has 0 fully saturated rings. The van der Waals surface area contributed by atoms with Crippen molar-refractivity contribution in [3.05, 3.63) is 77.6 Å². The van der Waals surface area contributed by atoms with Crippen LogP contribution in [0.1, 0.15) is 56.5 Å². The van der Waals surface area contributed by atoms with Crippen LogP contribution in [0.3, 0.4) is 0 Å². The Balaban J connectivity index is 1.44. The molecule has 0 saturated carbocycles. The third kappa shape index (κ3) is 6.14. The minimum atomic E-state index is -0.0864. The second-order valence-electron chi connectivity index (χ2n) is 10.5. The van der Waals surface area contributed by atoms with E-state index in [0.29, 0.717) is 18.9 Å². The van der Waals surface area contributed by atoms with Crippen LogP contribution in [-0.4, -0.2) is 49.8 Å². The van der Waals surface area contributed by atoms with Crippen molar-refractivity contribution < 1.29 is 4.79 Å². The highest BCUT2D eigenvalue weighted by atomic mass is 16.2. The molecule has 3 aromatic carbocycles. The molecule has 0 spiro atoms. The van der Waals surface area contributed by atoms with E-state index in [-0.39, 0.29) is 6.03 Å². The molecule has 2 aromatic heterocycles. The summed E-state index contributed by atoms with van der Waals surface area (Å²) in [7, 11) is 1.83. The highest BCUT2D eigenvalue weighted by Gasteiger charge is 2.18. The Labute approximate surface area is 241 Å². The summed E-state index contributed by atoms with van der Waals surface area (Å²) in [6.07, 6.45) is 5.11. The van der Waals surface area contributed by atoms with Gasteiger partial charge in [0.05, 0.1) is 11.0 Å². The molecule has 0 saturated heterocycles. The van der Waals surface area contributed by atoms with E-state index in [1.165, 1.54) is 5.56 Å². The quantitative estimate of drug-likeness (QED) is 0.182. The van der Waals surface area contributed by atoms with Gasteiger partial charge in [-0.05, 0) is 64.6 Å². The third-order valence-electron chi connectivity index (χ3n) is 7.46. The second-order valence-corrected chi connectivity index (χ2v) is 10.5. The first kappa shape index (κ1) is 28.0. The number of aryl methyl sites for hydroxylation is 2. The van der Waals surface area contributed by atoms with Gasteiger partial charge in [0.1, 0.15) is 5.82 Å². The maximum Gasteiger partial charge on any atom is 0.321 e. The van der Waals surface area contributed by atoms with Gasteiger partial charge in [0.25, 0.3) is 0 Å². The van der Waals surface area contributed by atoms with E-state index in [9.17, 15) is 4.79 Å². The maximum atomic E-state index is 12.9. The largest absolute Gasteiger partial charge is 0.338 e. The average molecular weight is 551 g/mol. The van der Waals surface area contributed by atoms with Crippen LogP contribution in [0.15, 0.2) is 60.7 Å². The molecule has 0 radical (unpaired) electrons. The van der Waals surface area contributed by atoms with Crippen molar-refractivity contribution >= 4 is 22.8 Å². The Hall–Kier alpha value is -4.53. The highest BCUT2D eigenvalue weighted by molar-refractivity contribution is 5.94. The SMILES string of the molecule is CCCCCNC(=O)N(C)c1cc(C)c2nc(CCC)n(Cc3ccc(-c4ccccc4-c4nnn[nH]4)cc3)c2c1. The summed E-state index contributed by atoms with van der Waals surface area (Å²) in [5.41, 5.74) is 8.24. The van der Waals surface area contributed by atoms with Gasteiger partial charge in [0, 0.05) is 37.8 Å². The first-order valence-electron chi connectivity index (χ1n) is 14.4. The van der Waals surface area contributed by atoms with E-state index in [0.717, 1.165) is 76.9 Å². The molecule has 0 aliphatic carbocycles. The summed E-state index contributed by atoms with van der Waals surface area (Å²) in [5, 5.41) is 17.5. The number of carbonyl (C=O) groups excluding carboxylic acids is 1. The van der Waals surface area contributed by atoms with Gasteiger partial charge in [-0.15, -0.1) is 5.10 Å². The van der Waals surface area contributed by atoms with Crippen LogP contribution in [-0.2, 0) is 13.0 Å². The van der Waals surface area contributed by atoms with Crippen LogP contribution in [0.4, 0.5) is 10.5 Å². The Kier molecular flexibility index (Phi) is 8.72. The first-order chi connectivity index (χ1) is 20.0. The Morgan fingerprint density at radius 1 is 1.00 bits per heavy atom. The number of tetrazole rings is 1. The molecule has 2 N–H and O–H groups in total. The molecule has 212 valence electrons. The molecular formula is C32H38N8O. The van der Waals surface area contributed by atoms with Crippen LogP contribution < -0.4 is 10.2 Å². The van der Waals surface area contributed by atoms with E-state index in [1.54, 1.807) is 4.90 Å². The van der Waals surface area contributed by atoms with Crippen molar-refractivity contribution in [1.29, 1.82) is 0 Å². The number of fused-ring (bicyclic) bond motifs is 1. The summed E-state index contributed by atoms with van der Waals surface area (Å²) in [6.45, 7) is 7.78. The molecule has 9 nitrogen and oxygen atoms in total. The number of amides is 2. The van der Waals surface area contributed by atoms with E-state index in [4.69, 9.17) is 4.98 Å². The fourth-order valence-electron chi connectivity index (χ4n) is 5.20. The van der Waals surface area contributed by atoms with Gasteiger partial charge in [-0.3, -0.25) is 4.90 Å². The van der Waals surface area contributed by atoms with Gasteiger partial charge in [0.2, 0.25) is 0 Å². The number of nitrogens with one attached hydrogen (secondary N) is 2. The number of rotatable bonds is 11. The number of imidazole rings is 1. The molecule has 41 heavy (non-hydrogen) atoms. The van der Waals surface area contributed by atoms with Gasteiger partial charge in [-0.25, -0.2) is 14.9 Å². The molecular weight excluding hydrogens is 512 g/mol. The van der Waals surface area contributed by atoms with Crippen molar-refractivity contribution in [3.63, 3.8) is 0 Å². The smallest absolute Gasteiger partial charge is 0.321 e. The van der Waals surface area contributed by atoms with Gasteiger partial charge >= 0.3 is 6.03 Å². The summed E-state index contributed by atoms with van der Waals surface area (Å²) in [4.78, 5) is 19.6. The molecule has 0 atom stereocenters. The predicted molar refractivity (Wildman–Crippen MR) is 164 cm³/mol. The molecule has 0 bridgehead atoms. The Bertz CT molecular complexity index is 1610. The predicted octanol–water partition coefficient (Wildman–Crippen LogP) is 6.53. The van der Waals surface area contributed by atoms with Crippen LogP contribution in [0.5, 0.6) is 0 Å². The van der Waals surface area contributed by atoms with Crippen molar-refractivity contribution in [2.75, 3.05) is 18.5 Å². The lowest BCUT2D eigenvalue weighted by Gasteiger charge is -2.19. The zero-order valence-corrected chi connectivity index (χ0v) is 24.3. The van der Waals surface area contributed by atoms with Crippen molar-refractivity contribution in [2.45, 2.75) is 59.4 Å². The highest BCUT2D eigenvalue weighted by Crippen LogP contribution is 2.31. The number of unbranched alkanes of at least 4 members (excludes halogenated alkanes) is 2. The number of hydrogen-bond donors (Lipinski definition) is 2. The average Bonchev–Trinajstić information content (AvgIpc) is 3.65. The van der Waals surface area contributed by atoms with Crippen LogP contribution in [0.25, 0.3) is 33.5 Å². The van der Waals surface area contributed by atoms with Crippen LogP contribution >= 0.6 is 0 Å². The topological polar surface area (TPSA) is 105 Å². The minimum absolute atomic E-state index is 0.0864. The first-order valence-corrected chi connectivity index (χ1v) is 14.4. The Morgan fingerprint density at radius 3 is 2.49 bits per heavy atom. The minimum Gasteiger partial charge on any atom is -0.338 e. The number of anilines is 1. The summed E-state index contributed by atoms with van der Waals surface area (Å²) >= 11 is 0. The number of carbonyl (C=O) groups is 1. The lowest BCUT2D eigenvalue weighted by atomic mass is 9.98. The number of aromatic nitrogens is 6. The molecule has 2 amide bonds. The van der Waals surface area contributed by atoms with E-state index < -0.39 is 0 Å². The number of aromatic amines is 1. The third-order valence-corrected chi connectivity index (χ3v) is 7.46. The zero-order valence-electron chi connectivity index (χ0n) is 24.3. The van der Waals surface area contributed by atoms with Gasteiger partial charge in [0.15, 0.2) is 5.82 Å². The monoisotopic (exact) mass is 550 g/mol. The molecule has 9 heteroatoms. The number of hydrogen-bond acceptors (Lipinski definition) is 5. The molecule has 0 aliphatic heterocycles. The van der Waals surface area contributed by atoms with Crippen molar-refractivity contribution in [3.8, 4) is 22.5 Å². The number of urea groups is 1. The number of H-pyrrole nitrogens is 1.